The van der Waals surface area contributed by atoms with E-state index in [0.29, 0.717) is 34.1 Å². The Morgan fingerprint density at radius 1 is 0.571 bits per heavy atom. The number of carbonyl (C=O) groups excluding carboxylic acids is 2. The quantitative estimate of drug-likeness (QED) is 0.133. The maximum atomic E-state index is 13.2. The molecule has 212 valence electrons. The van der Waals surface area contributed by atoms with Gasteiger partial charge in [0.25, 0.3) is 0 Å². The average Bonchev–Trinajstić information content (AvgIpc) is 3.32. The monoisotopic (exact) mass is 561 g/mol. The standard InChI is InChI=1S/C35H31NO6/c1-36-30-14-8-24(32(37)16-10-22-6-12-26(39-2)20-34(22)41-4)18-28(30)29-19-25(9-15-31(29)36)33(38)17-11-23-7-13-27(40-3)21-35(23)42-5/h6-21H,1-5H3. The largest absolute Gasteiger partial charge is 0.497 e. The lowest BCUT2D eigenvalue weighted by atomic mass is 10.0. The van der Waals surface area contributed by atoms with E-state index in [9.17, 15) is 9.59 Å². The predicted octanol–water partition coefficient (Wildman–Crippen LogP) is 7.16. The highest BCUT2D eigenvalue weighted by atomic mass is 16.5. The summed E-state index contributed by atoms with van der Waals surface area (Å²) in [6.07, 6.45) is 6.53. The summed E-state index contributed by atoms with van der Waals surface area (Å²) < 4.78 is 23.4. The summed E-state index contributed by atoms with van der Waals surface area (Å²) in [5.74, 6) is 2.28. The zero-order valence-electron chi connectivity index (χ0n) is 24.1. The minimum absolute atomic E-state index is 0.143. The molecule has 0 aliphatic carbocycles. The highest BCUT2D eigenvalue weighted by Crippen LogP contribution is 2.31. The number of carbonyl (C=O) groups is 2. The van der Waals surface area contributed by atoms with Crippen LogP contribution in [0.3, 0.4) is 0 Å². The first kappa shape index (κ1) is 28.2. The van der Waals surface area contributed by atoms with Gasteiger partial charge in [0, 0.05) is 63.2 Å². The number of nitrogens with zero attached hydrogens (tertiary/aromatic N) is 1. The fourth-order valence-corrected chi connectivity index (χ4v) is 4.96. The van der Waals surface area contributed by atoms with Gasteiger partial charge in [0.2, 0.25) is 0 Å². The lowest BCUT2D eigenvalue weighted by molar-refractivity contribution is 0.104. The summed E-state index contributed by atoms with van der Waals surface area (Å²) in [5, 5.41) is 1.79. The summed E-state index contributed by atoms with van der Waals surface area (Å²) >= 11 is 0. The van der Waals surface area contributed by atoms with E-state index in [-0.39, 0.29) is 11.6 Å². The number of ether oxygens (including phenoxy) is 4. The number of hydrogen-bond donors (Lipinski definition) is 0. The number of rotatable bonds is 10. The van der Waals surface area contributed by atoms with Crippen molar-refractivity contribution in [1.82, 2.24) is 4.57 Å². The molecule has 0 saturated heterocycles. The molecule has 7 heteroatoms. The van der Waals surface area contributed by atoms with E-state index in [4.69, 9.17) is 18.9 Å². The predicted molar refractivity (Wildman–Crippen MR) is 166 cm³/mol. The summed E-state index contributed by atoms with van der Waals surface area (Å²) in [4.78, 5) is 26.3. The Morgan fingerprint density at radius 3 is 1.38 bits per heavy atom. The minimum Gasteiger partial charge on any atom is -0.497 e. The van der Waals surface area contributed by atoms with Crippen molar-refractivity contribution in [3.63, 3.8) is 0 Å². The molecule has 1 heterocycles. The van der Waals surface area contributed by atoms with Crippen LogP contribution in [-0.4, -0.2) is 44.6 Å². The van der Waals surface area contributed by atoms with Gasteiger partial charge in [0.05, 0.1) is 28.4 Å². The Bertz CT molecular complexity index is 1740. The van der Waals surface area contributed by atoms with E-state index in [1.807, 2.05) is 67.7 Å². The lowest BCUT2D eigenvalue weighted by Gasteiger charge is -2.07. The number of methoxy groups -OCH3 is 4. The van der Waals surface area contributed by atoms with Gasteiger partial charge in [0.1, 0.15) is 23.0 Å². The summed E-state index contributed by atoms with van der Waals surface area (Å²) in [5.41, 5.74) is 4.54. The van der Waals surface area contributed by atoms with E-state index in [2.05, 4.69) is 4.57 Å². The fraction of sp³-hybridized carbons (Fsp3) is 0.143. The smallest absolute Gasteiger partial charge is 0.185 e. The Hall–Kier alpha value is -5.30. The topological polar surface area (TPSA) is 76.0 Å². The van der Waals surface area contributed by atoms with Gasteiger partial charge in [-0.25, -0.2) is 0 Å². The van der Waals surface area contributed by atoms with Crippen molar-refractivity contribution >= 4 is 45.5 Å². The highest BCUT2D eigenvalue weighted by molar-refractivity contribution is 6.16. The molecule has 0 spiro atoms. The van der Waals surface area contributed by atoms with Gasteiger partial charge in [-0.05, 0) is 85.0 Å². The zero-order valence-corrected chi connectivity index (χ0v) is 24.1. The Kier molecular flexibility index (Phi) is 8.11. The molecule has 0 aliphatic rings. The third-order valence-electron chi connectivity index (χ3n) is 7.28. The number of fused-ring (bicyclic) bond motifs is 3. The molecule has 0 amide bonds. The summed E-state index contributed by atoms with van der Waals surface area (Å²) in [7, 11) is 8.30. The molecular weight excluding hydrogens is 530 g/mol. The first-order chi connectivity index (χ1) is 20.4. The van der Waals surface area contributed by atoms with E-state index >= 15 is 0 Å². The molecule has 42 heavy (non-hydrogen) atoms. The summed E-state index contributed by atoms with van der Waals surface area (Å²) in [6.45, 7) is 0. The number of benzene rings is 4. The molecule has 5 rings (SSSR count). The second kappa shape index (κ2) is 12.1. The number of allylic oxidation sites excluding steroid dienone is 2. The van der Waals surface area contributed by atoms with Gasteiger partial charge < -0.3 is 23.5 Å². The molecule has 0 aliphatic heterocycles. The number of aryl methyl sites for hydroxylation is 1. The lowest BCUT2D eigenvalue weighted by Crippen LogP contribution is -1.95. The molecular formula is C35H31NO6. The molecule has 0 radical (unpaired) electrons. The van der Waals surface area contributed by atoms with Crippen molar-refractivity contribution in [2.75, 3.05) is 28.4 Å². The molecule has 0 bridgehead atoms. The second-order valence-electron chi connectivity index (χ2n) is 9.63. The van der Waals surface area contributed by atoms with E-state index in [0.717, 1.165) is 32.9 Å². The Labute approximate surface area is 244 Å². The van der Waals surface area contributed by atoms with Crippen LogP contribution in [0, 0.1) is 0 Å². The molecule has 0 N–H and O–H groups in total. The average molecular weight is 562 g/mol. The van der Waals surface area contributed by atoms with Crippen molar-refractivity contribution in [2.45, 2.75) is 0 Å². The van der Waals surface area contributed by atoms with Crippen LogP contribution in [0.25, 0.3) is 34.0 Å². The van der Waals surface area contributed by atoms with Crippen molar-refractivity contribution in [2.24, 2.45) is 7.05 Å². The first-order valence-electron chi connectivity index (χ1n) is 13.3. The van der Waals surface area contributed by atoms with Crippen LogP contribution in [0.5, 0.6) is 23.0 Å². The van der Waals surface area contributed by atoms with E-state index < -0.39 is 0 Å². The maximum absolute atomic E-state index is 13.2. The van der Waals surface area contributed by atoms with Gasteiger partial charge in [-0.2, -0.15) is 0 Å². The number of hydrogen-bond acceptors (Lipinski definition) is 6. The number of aromatic nitrogens is 1. The third-order valence-corrected chi connectivity index (χ3v) is 7.28. The van der Waals surface area contributed by atoms with Crippen LogP contribution < -0.4 is 18.9 Å². The van der Waals surface area contributed by atoms with Gasteiger partial charge in [-0.3, -0.25) is 9.59 Å². The summed E-state index contributed by atoms with van der Waals surface area (Å²) in [6, 6.07) is 22.1. The van der Waals surface area contributed by atoms with Gasteiger partial charge >= 0.3 is 0 Å². The molecule has 7 nitrogen and oxygen atoms in total. The highest BCUT2D eigenvalue weighted by Gasteiger charge is 2.14. The van der Waals surface area contributed by atoms with Crippen LogP contribution in [0.2, 0.25) is 0 Å². The van der Waals surface area contributed by atoms with Gasteiger partial charge in [0.15, 0.2) is 11.6 Å². The molecule has 0 atom stereocenters. The van der Waals surface area contributed by atoms with Crippen LogP contribution >= 0.6 is 0 Å². The van der Waals surface area contributed by atoms with Crippen molar-refractivity contribution in [3.8, 4) is 23.0 Å². The van der Waals surface area contributed by atoms with Crippen LogP contribution in [-0.2, 0) is 7.05 Å². The van der Waals surface area contributed by atoms with Crippen molar-refractivity contribution in [1.29, 1.82) is 0 Å². The molecule has 0 fully saturated rings. The van der Waals surface area contributed by atoms with Crippen LogP contribution in [0.15, 0.2) is 84.9 Å². The van der Waals surface area contributed by atoms with E-state index in [1.165, 1.54) is 12.2 Å². The molecule has 0 saturated carbocycles. The zero-order chi connectivity index (χ0) is 29.8. The number of ketones is 2. The third kappa shape index (κ3) is 5.49. The van der Waals surface area contributed by atoms with Crippen LogP contribution in [0.1, 0.15) is 31.8 Å². The fourth-order valence-electron chi connectivity index (χ4n) is 4.96. The van der Waals surface area contributed by atoms with Gasteiger partial charge in [-0.1, -0.05) is 0 Å². The van der Waals surface area contributed by atoms with Crippen molar-refractivity contribution in [3.05, 3.63) is 107 Å². The second-order valence-corrected chi connectivity index (χ2v) is 9.63. The van der Waals surface area contributed by atoms with E-state index in [1.54, 1.807) is 52.7 Å². The SMILES string of the molecule is COc1ccc(C=CC(=O)c2ccc3c(c2)c2cc(C(=O)C=Cc4ccc(OC)cc4OC)ccc2n3C)c(OC)c1. The minimum atomic E-state index is -0.143. The molecule has 0 unspecified atom stereocenters. The normalized spacial score (nSPS) is 11.5. The van der Waals surface area contributed by atoms with Gasteiger partial charge in [-0.15, -0.1) is 0 Å². The Balaban J connectivity index is 1.45. The Morgan fingerprint density at radius 2 is 1.00 bits per heavy atom. The molecule has 4 aromatic carbocycles. The first-order valence-corrected chi connectivity index (χ1v) is 13.3. The maximum Gasteiger partial charge on any atom is 0.185 e. The molecule has 5 aromatic rings. The van der Waals surface area contributed by atoms with Crippen LogP contribution in [0.4, 0.5) is 0 Å². The van der Waals surface area contributed by atoms with Crippen molar-refractivity contribution < 1.29 is 28.5 Å². The molecule has 1 aromatic heterocycles.